The molecule has 0 saturated heterocycles. The quantitative estimate of drug-likeness (QED) is 0.796. The number of aryl methyl sites for hydroxylation is 1. The molecule has 15 heavy (non-hydrogen) atoms. The van der Waals surface area contributed by atoms with Crippen molar-refractivity contribution in [3.63, 3.8) is 0 Å². The lowest BCUT2D eigenvalue weighted by Gasteiger charge is -2.15. The fourth-order valence-corrected chi connectivity index (χ4v) is 2.14. The third-order valence-corrected chi connectivity index (χ3v) is 3.33. The van der Waals surface area contributed by atoms with Gasteiger partial charge in [-0.25, -0.2) is 0 Å². The first-order valence-electron chi connectivity index (χ1n) is 5.48. The summed E-state index contributed by atoms with van der Waals surface area (Å²) in [4.78, 5) is 0. The summed E-state index contributed by atoms with van der Waals surface area (Å²) in [5.74, 6) is 1.23. The number of likely N-dealkylation sites (N-methyl/N-ethyl adjacent to an activating group) is 1. The molecule has 84 valence electrons. The first kappa shape index (κ1) is 12.6. The standard InChI is InChI=1S/C13H21NS/c1-11-4-6-12(7-5-11)10-13(14-2)8-9-15-3/h4-7,13-14H,8-10H2,1-3H3. The summed E-state index contributed by atoms with van der Waals surface area (Å²) in [7, 11) is 2.05. The average Bonchev–Trinajstić information content (AvgIpc) is 2.27. The van der Waals surface area contributed by atoms with Gasteiger partial charge in [-0.2, -0.15) is 11.8 Å². The maximum absolute atomic E-state index is 3.39. The molecule has 1 rings (SSSR count). The highest BCUT2D eigenvalue weighted by Crippen LogP contribution is 2.09. The summed E-state index contributed by atoms with van der Waals surface area (Å²) in [6, 6.07) is 9.46. The van der Waals surface area contributed by atoms with Crippen LogP contribution in [-0.2, 0) is 6.42 Å². The first-order valence-corrected chi connectivity index (χ1v) is 6.87. The van der Waals surface area contributed by atoms with E-state index in [1.807, 2.05) is 11.8 Å². The second-order valence-corrected chi connectivity index (χ2v) is 4.94. The van der Waals surface area contributed by atoms with Gasteiger partial charge in [-0.3, -0.25) is 0 Å². The van der Waals surface area contributed by atoms with Gasteiger partial charge < -0.3 is 5.32 Å². The van der Waals surface area contributed by atoms with Crippen LogP contribution in [0.25, 0.3) is 0 Å². The molecule has 0 aliphatic rings. The van der Waals surface area contributed by atoms with E-state index in [4.69, 9.17) is 0 Å². The SMILES string of the molecule is CNC(CCSC)Cc1ccc(C)cc1. The highest BCUT2D eigenvalue weighted by Gasteiger charge is 2.06. The zero-order valence-electron chi connectivity index (χ0n) is 9.92. The van der Waals surface area contributed by atoms with Crippen LogP contribution in [0.4, 0.5) is 0 Å². The van der Waals surface area contributed by atoms with Gasteiger partial charge in [0.05, 0.1) is 0 Å². The molecular formula is C13H21NS. The van der Waals surface area contributed by atoms with E-state index in [1.54, 1.807) is 0 Å². The van der Waals surface area contributed by atoms with E-state index in [2.05, 4.69) is 49.8 Å². The second kappa shape index (κ2) is 6.91. The van der Waals surface area contributed by atoms with Gasteiger partial charge >= 0.3 is 0 Å². The highest BCUT2D eigenvalue weighted by molar-refractivity contribution is 7.98. The smallest absolute Gasteiger partial charge is 0.0112 e. The van der Waals surface area contributed by atoms with Crippen LogP contribution in [-0.4, -0.2) is 25.1 Å². The molecule has 1 nitrogen and oxygen atoms in total. The molecule has 0 fully saturated rings. The third kappa shape index (κ3) is 4.72. The number of rotatable bonds is 6. The van der Waals surface area contributed by atoms with E-state index in [1.165, 1.54) is 23.3 Å². The largest absolute Gasteiger partial charge is 0.317 e. The molecule has 0 saturated carbocycles. The zero-order valence-corrected chi connectivity index (χ0v) is 10.7. The number of hydrogen-bond acceptors (Lipinski definition) is 2. The van der Waals surface area contributed by atoms with Crippen molar-refractivity contribution < 1.29 is 0 Å². The molecular weight excluding hydrogens is 202 g/mol. The lowest BCUT2D eigenvalue weighted by Crippen LogP contribution is -2.28. The Balaban J connectivity index is 2.47. The van der Waals surface area contributed by atoms with Crippen molar-refractivity contribution in [1.29, 1.82) is 0 Å². The normalized spacial score (nSPS) is 12.7. The van der Waals surface area contributed by atoms with E-state index < -0.39 is 0 Å². The maximum atomic E-state index is 3.39. The van der Waals surface area contributed by atoms with Crippen LogP contribution >= 0.6 is 11.8 Å². The van der Waals surface area contributed by atoms with Crippen molar-refractivity contribution in [3.05, 3.63) is 35.4 Å². The van der Waals surface area contributed by atoms with Crippen molar-refractivity contribution in [3.8, 4) is 0 Å². The third-order valence-electron chi connectivity index (χ3n) is 2.68. The molecule has 2 heteroatoms. The molecule has 0 bridgehead atoms. The van der Waals surface area contributed by atoms with Gasteiger partial charge in [0, 0.05) is 6.04 Å². The molecule has 1 aromatic carbocycles. The Bertz CT molecular complexity index is 268. The molecule has 0 radical (unpaired) electrons. The molecule has 0 heterocycles. The van der Waals surface area contributed by atoms with Gasteiger partial charge in [-0.05, 0) is 44.4 Å². The molecule has 1 N–H and O–H groups in total. The molecule has 0 aromatic heterocycles. The molecule has 0 amide bonds. The fourth-order valence-electron chi connectivity index (χ4n) is 1.62. The van der Waals surface area contributed by atoms with Crippen molar-refractivity contribution >= 4 is 11.8 Å². The van der Waals surface area contributed by atoms with Crippen LogP contribution in [0.1, 0.15) is 17.5 Å². The minimum absolute atomic E-state index is 0.611. The van der Waals surface area contributed by atoms with E-state index in [0.717, 1.165) is 6.42 Å². The Morgan fingerprint density at radius 3 is 2.47 bits per heavy atom. The van der Waals surface area contributed by atoms with E-state index in [-0.39, 0.29) is 0 Å². The van der Waals surface area contributed by atoms with Gasteiger partial charge in [0.25, 0.3) is 0 Å². The van der Waals surface area contributed by atoms with Crippen molar-refractivity contribution in [2.45, 2.75) is 25.8 Å². The number of thioether (sulfide) groups is 1. The Morgan fingerprint density at radius 2 is 1.93 bits per heavy atom. The van der Waals surface area contributed by atoms with Crippen LogP contribution in [0.15, 0.2) is 24.3 Å². The lowest BCUT2D eigenvalue weighted by molar-refractivity contribution is 0.547. The summed E-state index contributed by atoms with van der Waals surface area (Å²) < 4.78 is 0. The van der Waals surface area contributed by atoms with Crippen LogP contribution in [0, 0.1) is 6.92 Å². The van der Waals surface area contributed by atoms with E-state index in [0.29, 0.717) is 6.04 Å². The van der Waals surface area contributed by atoms with Crippen molar-refractivity contribution in [1.82, 2.24) is 5.32 Å². The van der Waals surface area contributed by atoms with Gasteiger partial charge in [0.15, 0.2) is 0 Å². The topological polar surface area (TPSA) is 12.0 Å². The second-order valence-electron chi connectivity index (χ2n) is 3.96. The Hall–Kier alpha value is -0.470. The van der Waals surface area contributed by atoms with Crippen LogP contribution < -0.4 is 5.32 Å². The highest BCUT2D eigenvalue weighted by atomic mass is 32.2. The summed E-state index contributed by atoms with van der Waals surface area (Å²) in [5.41, 5.74) is 2.77. The van der Waals surface area contributed by atoms with Crippen LogP contribution in [0.5, 0.6) is 0 Å². The first-order chi connectivity index (χ1) is 7.26. The van der Waals surface area contributed by atoms with Crippen LogP contribution in [0.3, 0.4) is 0 Å². The predicted molar refractivity (Wildman–Crippen MR) is 70.7 cm³/mol. The summed E-state index contributed by atoms with van der Waals surface area (Å²) >= 11 is 1.92. The molecule has 0 spiro atoms. The fraction of sp³-hybridized carbons (Fsp3) is 0.538. The predicted octanol–water partition coefficient (Wildman–Crippen LogP) is 2.88. The summed E-state index contributed by atoms with van der Waals surface area (Å²) in [6.45, 7) is 2.13. The monoisotopic (exact) mass is 223 g/mol. The molecule has 1 atom stereocenters. The summed E-state index contributed by atoms with van der Waals surface area (Å²) in [6.07, 6.45) is 4.54. The minimum atomic E-state index is 0.611. The Morgan fingerprint density at radius 1 is 1.27 bits per heavy atom. The van der Waals surface area contributed by atoms with Gasteiger partial charge in [-0.1, -0.05) is 29.8 Å². The van der Waals surface area contributed by atoms with Crippen molar-refractivity contribution in [2.24, 2.45) is 0 Å². The van der Waals surface area contributed by atoms with Gasteiger partial charge in [-0.15, -0.1) is 0 Å². The molecule has 0 aliphatic heterocycles. The zero-order chi connectivity index (χ0) is 11.1. The van der Waals surface area contributed by atoms with Crippen molar-refractivity contribution in [2.75, 3.05) is 19.1 Å². The van der Waals surface area contributed by atoms with E-state index in [9.17, 15) is 0 Å². The number of benzene rings is 1. The van der Waals surface area contributed by atoms with Gasteiger partial charge in [0.1, 0.15) is 0 Å². The number of hydrogen-bond donors (Lipinski definition) is 1. The average molecular weight is 223 g/mol. The lowest BCUT2D eigenvalue weighted by atomic mass is 10.0. The Labute approximate surface area is 97.7 Å². The maximum Gasteiger partial charge on any atom is 0.0112 e. The Kier molecular flexibility index (Phi) is 5.81. The van der Waals surface area contributed by atoms with Crippen LogP contribution in [0.2, 0.25) is 0 Å². The molecule has 1 aromatic rings. The van der Waals surface area contributed by atoms with Gasteiger partial charge in [0.2, 0.25) is 0 Å². The molecule has 1 unspecified atom stereocenters. The van der Waals surface area contributed by atoms with E-state index >= 15 is 0 Å². The minimum Gasteiger partial charge on any atom is -0.317 e. The summed E-state index contributed by atoms with van der Waals surface area (Å²) in [5, 5.41) is 3.39. The molecule has 0 aliphatic carbocycles. The number of nitrogens with one attached hydrogen (secondary N) is 1.